The quantitative estimate of drug-likeness (QED) is 0.504. The van der Waals surface area contributed by atoms with Crippen LogP contribution in [0.2, 0.25) is 0 Å². The van der Waals surface area contributed by atoms with Crippen LogP contribution in [0.5, 0.6) is 11.6 Å². The summed E-state index contributed by atoms with van der Waals surface area (Å²) in [5.74, 6) is 4.45. The lowest BCUT2D eigenvalue weighted by molar-refractivity contribution is -0.386. The van der Waals surface area contributed by atoms with Gasteiger partial charge in [0.2, 0.25) is 5.95 Å². The van der Waals surface area contributed by atoms with E-state index < -0.39 is 16.4 Å². The Labute approximate surface area is 118 Å². The third kappa shape index (κ3) is 3.03. The van der Waals surface area contributed by atoms with Gasteiger partial charge in [-0.25, -0.2) is 15.2 Å². The number of hydrazine groups is 1. The molecular weight excluding hydrogens is 281 g/mol. The van der Waals surface area contributed by atoms with Crippen molar-refractivity contribution in [1.82, 2.24) is 9.97 Å². The van der Waals surface area contributed by atoms with Crippen molar-refractivity contribution in [3.63, 3.8) is 0 Å². The number of nitrogens with one attached hydrogen (secondary N) is 1. The number of nitrogen functional groups attached to an aromatic ring is 1. The maximum absolute atomic E-state index is 13.3. The normalized spacial score (nSPS) is 10.3. The third-order valence-electron chi connectivity index (χ3n) is 2.69. The van der Waals surface area contributed by atoms with Gasteiger partial charge >= 0.3 is 11.6 Å². The molecule has 0 unspecified atom stereocenters. The highest BCUT2D eigenvalue weighted by Crippen LogP contribution is 2.33. The van der Waals surface area contributed by atoms with Crippen LogP contribution in [-0.2, 0) is 0 Å². The molecule has 9 heteroatoms. The zero-order valence-electron chi connectivity index (χ0n) is 11.3. The van der Waals surface area contributed by atoms with E-state index in [-0.39, 0.29) is 23.3 Å². The minimum absolute atomic E-state index is 0.0397. The Morgan fingerprint density at radius 2 is 2.10 bits per heavy atom. The number of nitro groups is 1. The zero-order valence-corrected chi connectivity index (χ0v) is 11.3. The van der Waals surface area contributed by atoms with Gasteiger partial charge in [0.05, 0.1) is 4.92 Å². The van der Waals surface area contributed by atoms with Crippen LogP contribution in [0.15, 0.2) is 18.2 Å². The molecule has 0 aliphatic heterocycles. The molecule has 1 heterocycles. The topological polar surface area (TPSA) is 116 Å². The molecule has 2 aromatic rings. The molecular formula is C12H12FN5O3. The fourth-order valence-electron chi connectivity index (χ4n) is 1.67. The molecule has 0 aliphatic rings. The van der Waals surface area contributed by atoms with E-state index in [0.717, 1.165) is 6.07 Å². The number of aryl methyl sites for hydroxylation is 2. The summed E-state index contributed by atoms with van der Waals surface area (Å²) < 4.78 is 18.6. The van der Waals surface area contributed by atoms with Crippen LogP contribution < -0.4 is 16.0 Å². The zero-order chi connectivity index (χ0) is 15.6. The summed E-state index contributed by atoms with van der Waals surface area (Å²) in [6.45, 7) is 3.10. The van der Waals surface area contributed by atoms with Gasteiger partial charge in [0, 0.05) is 6.07 Å². The fraction of sp³-hybridized carbons (Fsp3) is 0.167. The van der Waals surface area contributed by atoms with E-state index in [4.69, 9.17) is 10.6 Å². The van der Waals surface area contributed by atoms with E-state index in [2.05, 4.69) is 15.4 Å². The molecule has 21 heavy (non-hydrogen) atoms. The summed E-state index contributed by atoms with van der Waals surface area (Å²) in [7, 11) is 0. The van der Waals surface area contributed by atoms with E-state index in [1.54, 1.807) is 6.92 Å². The van der Waals surface area contributed by atoms with Crippen molar-refractivity contribution in [1.29, 1.82) is 0 Å². The van der Waals surface area contributed by atoms with Gasteiger partial charge < -0.3 is 4.74 Å². The van der Waals surface area contributed by atoms with E-state index in [0.29, 0.717) is 5.56 Å². The van der Waals surface area contributed by atoms with Crippen molar-refractivity contribution in [3.8, 4) is 11.6 Å². The van der Waals surface area contributed by atoms with Gasteiger partial charge in [0.25, 0.3) is 0 Å². The first-order valence-corrected chi connectivity index (χ1v) is 5.86. The summed E-state index contributed by atoms with van der Waals surface area (Å²) in [5, 5.41) is 11.1. The third-order valence-corrected chi connectivity index (χ3v) is 2.69. The molecule has 0 saturated heterocycles. The van der Waals surface area contributed by atoms with Crippen molar-refractivity contribution in [2.45, 2.75) is 13.8 Å². The van der Waals surface area contributed by atoms with E-state index in [1.807, 2.05) is 0 Å². The Balaban J connectivity index is 2.54. The molecule has 0 fully saturated rings. The van der Waals surface area contributed by atoms with Gasteiger partial charge in [0.1, 0.15) is 17.3 Å². The van der Waals surface area contributed by atoms with Crippen LogP contribution >= 0.6 is 0 Å². The Hall–Kier alpha value is -2.81. The number of nitrogens with two attached hydrogens (primary N) is 1. The Bertz CT molecular complexity index is 708. The Kier molecular flexibility index (Phi) is 3.94. The molecule has 0 saturated carbocycles. The molecule has 0 amide bonds. The second-order valence-electron chi connectivity index (χ2n) is 4.20. The van der Waals surface area contributed by atoms with E-state index in [1.165, 1.54) is 19.1 Å². The van der Waals surface area contributed by atoms with Crippen molar-refractivity contribution < 1.29 is 14.1 Å². The Morgan fingerprint density at radius 1 is 1.38 bits per heavy atom. The highest BCUT2D eigenvalue weighted by Gasteiger charge is 2.24. The minimum Gasteiger partial charge on any atom is -0.433 e. The van der Waals surface area contributed by atoms with Crippen molar-refractivity contribution >= 4 is 11.6 Å². The smallest absolute Gasteiger partial charge is 0.352 e. The average molecular weight is 293 g/mol. The number of nitrogens with zero attached hydrogens (tertiary/aromatic N) is 3. The second kappa shape index (κ2) is 5.67. The van der Waals surface area contributed by atoms with Crippen LogP contribution in [0.4, 0.5) is 16.0 Å². The number of hydrogen-bond donors (Lipinski definition) is 2. The molecule has 1 aromatic heterocycles. The van der Waals surface area contributed by atoms with Crippen molar-refractivity contribution in [2.75, 3.05) is 5.43 Å². The number of ether oxygens (including phenoxy) is 1. The van der Waals surface area contributed by atoms with Gasteiger partial charge in [-0.05, 0) is 25.5 Å². The highest BCUT2D eigenvalue weighted by atomic mass is 19.1. The SMILES string of the molecule is Cc1ccc(F)cc1Oc1nc(NN)nc(C)c1[N+](=O)[O-]. The molecule has 110 valence electrons. The number of hydrogen-bond acceptors (Lipinski definition) is 7. The summed E-state index contributed by atoms with van der Waals surface area (Å²) in [4.78, 5) is 18.1. The van der Waals surface area contributed by atoms with Gasteiger partial charge in [0.15, 0.2) is 0 Å². The van der Waals surface area contributed by atoms with Gasteiger partial charge in [-0.15, -0.1) is 0 Å². The maximum Gasteiger partial charge on any atom is 0.352 e. The van der Waals surface area contributed by atoms with Crippen LogP contribution in [0.1, 0.15) is 11.3 Å². The fourth-order valence-corrected chi connectivity index (χ4v) is 1.67. The molecule has 0 atom stereocenters. The first kappa shape index (κ1) is 14.6. The number of benzene rings is 1. The molecule has 3 N–H and O–H groups in total. The number of anilines is 1. The monoisotopic (exact) mass is 293 g/mol. The van der Waals surface area contributed by atoms with Crippen molar-refractivity contribution in [2.24, 2.45) is 5.84 Å². The first-order valence-electron chi connectivity index (χ1n) is 5.86. The lowest BCUT2D eigenvalue weighted by atomic mass is 10.2. The standard InChI is InChI=1S/C12H12FN5O3/c1-6-3-4-8(13)5-9(6)21-11-10(18(19)20)7(2)15-12(16-11)17-14/h3-5H,14H2,1-2H3,(H,15,16,17). The van der Waals surface area contributed by atoms with Crippen LogP contribution in [0, 0.1) is 29.8 Å². The number of rotatable bonds is 4. The van der Waals surface area contributed by atoms with Crippen LogP contribution in [0.3, 0.4) is 0 Å². The van der Waals surface area contributed by atoms with Crippen LogP contribution in [0.25, 0.3) is 0 Å². The summed E-state index contributed by atoms with van der Waals surface area (Å²) in [6, 6.07) is 3.87. The number of halogens is 1. The van der Waals surface area contributed by atoms with Gasteiger partial charge in [-0.1, -0.05) is 6.07 Å². The first-order chi connectivity index (χ1) is 9.92. The summed E-state index contributed by atoms with van der Waals surface area (Å²) >= 11 is 0. The molecule has 0 radical (unpaired) electrons. The van der Waals surface area contributed by atoms with E-state index in [9.17, 15) is 14.5 Å². The van der Waals surface area contributed by atoms with Gasteiger partial charge in [-0.3, -0.25) is 15.5 Å². The van der Waals surface area contributed by atoms with Crippen LogP contribution in [-0.4, -0.2) is 14.9 Å². The molecule has 1 aromatic carbocycles. The number of aromatic nitrogens is 2. The second-order valence-corrected chi connectivity index (χ2v) is 4.20. The molecule has 0 aliphatic carbocycles. The highest BCUT2D eigenvalue weighted by molar-refractivity contribution is 5.51. The average Bonchev–Trinajstić information content (AvgIpc) is 2.41. The van der Waals surface area contributed by atoms with Gasteiger partial charge in [-0.2, -0.15) is 4.98 Å². The molecule has 2 rings (SSSR count). The minimum atomic E-state index is -0.667. The lowest BCUT2D eigenvalue weighted by Gasteiger charge is -2.10. The summed E-state index contributed by atoms with van der Waals surface area (Å²) in [6.07, 6.45) is 0. The largest absolute Gasteiger partial charge is 0.433 e. The predicted octanol–water partition coefficient (Wildman–Crippen LogP) is 2.22. The molecule has 8 nitrogen and oxygen atoms in total. The maximum atomic E-state index is 13.3. The molecule has 0 bridgehead atoms. The van der Waals surface area contributed by atoms with E-state index >= 15 is 0 Å². The molecule has 0 spiro atoms. The Morgan fingerprint density at radius 3 is 2.71 bits per heavy atom. The summed E-state index contributed by atoms with van der Waals surface area (Å²) in [5.41, 5.74) is 2.46. The predicted molar refractivity (Wildman–Crippen MR) is 72.4 cm³/mol. The van der Waals surface area contributed by atoms with Crippen molar-refractivity contribution in [3.05, 3.63) is 45.4 Å². The lowest BCUT2D eigenvalue weighted by Crippen LogP contribution is -2.13.